The van der Waals surface area contributed by atoms with Crippen LogP contribution in [0, 0.1) is 0 Å². The lowest BCUT2D eigenvalue weighted by molar-refractivity contribution is 0.344. The zero-order valence-electron chi connectivity index (χ0n) is 11.4. The van der Waals surface area contributed by atoms with Gasteiger partial charge in [0.2, 0.25) is 11.7 Å². The monoisotopic (exact) mass is 278 g/mol. The molecule has 1 aromatic carbocycles. The molecule has 21 heavy (non-hydrogen) atoms. The van der Waals surface area contributed by atoms with Crippen molar-refractivity contribution in [1.82, 2.24) is 20.4 Å². The van der Waals surface area contributed by atoms with Gasteiger partial charge in [0.15, 0.2) is 0 Å². The van der Waals surface area contributed by atoms with Crippen molar-refractivity contribution in [3.05, 3.63) is 65.7 Å². The molecule has 1 atom stereocenters. The molecule has 3 aromatic rings. The molecule has 1 N–H and O–H groups in total. The maximum absolute atomic E-state index is 5.45. The molecule has 1 unspecified atom stereocenters. The highest BCUT2D eigenvalue weighted by atomic mass is 16.5. The van der Waals surface area contributed by atoms with Gasteiger partial charge in [-0.1, -0.05) is 35.5 Å². The fourth-order valence-electron chi connectivity index (χ4n) is 2.68. The summed E-state index contributed by atoms with van der Waals surface area (Å²) in [5.74, 6) is 1.11. The van der Waals surface area contributed by atoms with E-state index in [2.05, 4.69) is 38.6 Å². The van der Waals surface area contributed by atoms with Gasteiger partial charge in [-0.25, -0.2) is 0 Å². The molecule has 0 aliphatic carbocycles. The van der Waals surface area contributed by atoms with Crippen LogP contribution in [0.2, 0.25) is 0 Å². The molecule has 0 saturated carbocycles. The highest BCUT2D eigenvalue weighted by Gasteiger charge is 2.26. The molecular weight excluding hydrogens is 264 g/mol. The first kappa shape index (κ1) is 12.2. The number of benzene rings is 1. The third-order valence-electron chi connectivity index (χ3n) is 3.69. The fraction of sp³-hybridized carbons (Fsp3) is 0.188. The predicted octanol–water partition coefficient (Wildman–Crippen LogP) is 2.37. The third kappa shape index (κ3) is 2.21. The molecule has 5 heteroatoms. The van der Waals surface area contributed by atoms with Gasteiger partial charge in [0.1, 0.15) is 11.7 Å². The number of nitrogens with one attached hydrogen (secondary N) is 1. The van der Waals surface area contributed by atoms with Crippen molar-refractivity contribution in [2.75, 3.05) is 6.54 Å². The van der Waals surface area contributed by atoms with Crippen LogP contribution in [0.1, 0.15) is 23.1 Å². The van der Waals surface area contributed by atoms with E-state index in [9.17, 15) is 0 Å². The van der Waals surface area contributed by atoms with Crippen LogP contribution in [0.3, 0.4) is 0 Å². The van der Waals surface area contributed by atoms with Crippen LogP contribution < -0.4 is 5.32 Å². The topological polar surface area (TPSA) is 63.8 Å². The second kappa shape index (κ2) is 5.10. The second-order valence-electron chi connectivity index (χ2n) is 5.01. The Labute approximate surface area is 122 Å². The molecule has 1 aliphatic heterocycles. The average molecular weight is 278 g/mol. The van der Waals surface area contributed by atoms with Crippen molar-refractivity contribution in [3.8, 4) is 11.5 Å². The van der Waals surface area contributed by atoms with Crippen LogP contribution >= 0.6 is 0 Å². The lowest BCUT2D eigenvalue weighted by atomic mass is 9.94. The largest absolute Gasteiger partial charge is 0.337 e. The van der Waals surface area contributed by atoms with E-state index in [1.54, 1.807) is 6.20 Å². The summed E-state index contributed by atoms with van der Waals surface area (Å²) in [6.45, 7) is 0.906. The summed E-state index contributed by atoms with van der Waals surface area (Å²) in [4.78, 5) is 8.75. The molecule has 0 saturated heterocycles. The van der Waals surface area contributed by atoms with Crippen molar-refractivity contribution in [3.63, 3.8) is 0 Å². The second-order valence-corrected chi connectivity index (χ2v) is 5.01. The first-order valence-corrected chi connectivity index (χ1v) is 6.98. The Morgan fingerprint density at radius 3 is 2.90 bits per heavy atom. The Kier molecular flexibility index (Phi) is 2.97. The zero-order valence-corrected chi connectivity index (χ0v) is 11.4. The van der Waals surface area contributed by atoms with Crippen molar-refractivity contribution < 1.29 is 4.52 Å². The Balaban J connectivity index is 1.71. The molecule has 3 heterocycles. The minimum atomic E-state index is -0.0417. The summed E-state index contributed by atoms with van der Waals surface area (Å²) in [5.41, 5.74) is 3.26. The zero-order chi connectivity index (χ0) is 14.1. The van der Waals surface area contributed by atoms with Gasteiger partial charge in [-0.3, -0.25) is 4.98 Å². The van der Waals surface area contributed by atoms with Gasteiger partial charge in [-0.15, -0.1) is 0 Å². The molecule has 5 nitrogen and oxygen atoms in total. The van der Waals surface area contributed by atoms with E-state index in [0.717, 1.165) is 18.7 Å². The summed E-state index contributed by atoms with van der Waals surface area (Å²) in [6.07, 6.45) is 2.74. The number of pyridine rings is 1. The Bertz CT molecular complexity index is 754. The average Bonchev–Trinajstić information content (AvgIpc) is 3.05. The predicted molar refractivity (Wildman–Crippen MR) is 77.5 cm³/mol. The van der Waals surface area contributed by atoms with Crippen LogP contribution in [0.15, 0.2) is 53.2 Å². The lowest BCUT2D eigenvalue weighted by Gasteiger charge is -2.23. The number of fused-ring (bicyclic) bond motifs is 1. The highest BCUT2D eigenvalue weighted by molar-refractivity contribution is 5.47. The van der Waals surface area contributed by atoms with Crippen molar-refractivity contribution in [2.45, 2.75) is 12.5 Å². The quantitative estimate of drug-likeness (QED) is 0.779. The summed E-state index contributed by atoms with van der Waals surface area (Å²) in [7, 11) is 0. The molecular formula is C16H14N4O. The first-order chi connectivity index (χ1) is 10.4. The maximum atomic E-state index is 5.45. The van der Waals surface area contributed by atoms with Crippen LogP contribution in [0.5, 0.6) is 0 Å². The van der Waals surface area contributed by atoms with Crippen LogP contribution in [0.4, 0.5) is 0 Å². The van der Waals surface area contributed by atoms with Gasteiger partial charge >= 0.3 is 0 Å². The van der Waals surface area contributed by atoms with Gasteiger partial charge < -0.3 is 9.84 Å². The number of aromatic nitrogens is 3. The van der Waals surface area contributed by atoms with Crippen LogP contribution in [-0.4, -0.2) is 21.7 Å². The SMILES string of the molecule is c1ccc(-c2noc(C3NCCc4ccccc43)n2)nc1. The van der Waals surface area contributed by atoms with E-state index in [0.29, 0.717) is 11.7 Å². The molecule has 0 radical (unpaired) electrons. The highest BCUT2D eigenvalue weighted by Crippen LogP contribution is 2.28. The number of hydrogen-bond acceptors (Lipinski definition) is 5. The van der Waals surface area contributed by atoms with E-state index >= 15 is 0 Å². The standard InChI is InChI=1S/C16H14N4O/c1-2-6-12-11(5-1)8-10-18-14(12)16-19-15(20-21-16)13-7-3-4-9-17-13/h1-7,9,14,18H,8,10H2. The van der Waals surface area contributed by atoms with Gasteiger partial charge in [0.05, 0.1) is 0 Å². The molecule has 0 spiro atoms. The third-order valence-corrected chi connectivity index (χ3v) is 3.69. The van der Waals surface area contributed by atoms with E-state index in [-0.39, 0.29) is 6.04 Å². The van der Waals surface area contributed by atoms with Gasteiger partial charge in [-0.05, 0) is 29.7 Å². The van der Waals surface area contributed by atoms with E-state index in [4.69, 9.17) is 4.52 Å². The minimum Gasteiger partial charge on any atom is -0.337 e. The Morgan fingerprint density at radius 1 is 1.10 bits per heavy atom. The summed E-state index contributed by atoms with van der Waals surface area (Å²) in [5, 5.41) is 7.49. The molecule has 104 valence electrons. The minimum absolute atomic E-state index is 0.0417. The van der Waals surface area contributed by atoms with Crippen molar-refractivity contribution in [1.29, 1.82) is 0 Å². The van der Waals surface area contributed by atoms with E-state index < -0.39 is 0 Å². The van der Waals surface area contributed by atoms with Crippen molar-refractivity contribution in [2.24, 2.45) is 0 Å². The fourth-order valence-corrected chi connectivity index (χ4v) is 2.68. The van der Waals surface area contributed by atoms with Crippen LogP contribution in [-0.2, 0) is 6.42 Å². The normalized spacial score (nSPS) is 17.4. The van der Waals surface area contributed by atoms with Crippen LogP contribution in [0.25, 0.3) is 11.5 Å². The smallest absolute Gasteiger partial charge is 0.248 e. The number of nitrogens with zero attached hydrogens (tertiary/aromatic N) is 3. The van der Waals surface area contributed by atoms with Crippen molar-refractivity contribution >= 4 is 0 Å². The molecule has 0 fully saturated rings. The molecule has 0 bridgehead atoms. The summed E-state index contributed by atoms with van der Waals surface area (Å²) in [6, 6.07) is 14.0. The van der Waals surface area contributed by atoms with E-state index in [1.807, 2.05) is 24.3 Å². The molecule has 0 amide bonds. The van der Waals surface area contributed by atoms with E-state index in [1.165, 1.54) is 11.1 Å². The molecule has 4 rings (SSSR count). The summed E-state index contributed by atoms with van der Waals surface area (Å²) < 4.78 is 5.45. The number of hydrogen-bond donors (Lipinski definition) is 1. The van der Waals surface area contributed by atoms with Gasteiger partial charge in [-0.2, -0.15) is 4.98 Å². The Morgan fingerprint density at radius 2 is 2.00 bits per heavy atom. The lowest BCUT2D eigenvalue weighted by Crippen LogP contribution is -2.30. The molecule has 2 aromatic heterocycles. The first-order valence-electron chi connectivity index (χ1n) is 6.98. The Hall–Kier alpha value is -2.53. The van der Waals surface area contributed by atoms with Gasteiger partial charge in [0, 0.05) is 12.7 Å². The maximum Gasteiger partial charge on any atom is 0.248 e. The molecule has 1 aliphatic rings. The van der Waals surface area contributed by atoms with Gasteiger partial charge in [0.25, 0.3) is 0 Å². The number of rotatable bonds is 2. The summed E-state index contributed by atoms with van der Waals surface area (Å²) >= 11 is 0.